The number of rotatable bonds is 3. The Bertz CT molecular complexity index is 724. The monoisotopic (exact) mass is 338 g/mol. The fourth-order valence-corrected chi connectivity index (χ4v) is 3.55. The first-order valence-electron chi connectivity index (χ1n) is 7.48. The highest BCUT2D eigenvalue weighted by Gasteiger charge is 2.57. The third-order valence-corrected chi connectivity index (χ3v) is 4.52. The lowest BCUT2D eigenvalue weighted by Crippen LogP contribution is -2.56. The van der Waals surface area contributed by atoms with E-state index in [-0.39, 0.29) is 18.4 Å². The predicted octanol–water partition coefficient (Wildman–Crippen LogP) is 3.01. The van der Waals surface area contributed by atoms with Gasteiger partial charge in [-0.1, -0.05) is 6.07 Å². The van der Waals surface area contributed by atoms with E-state index in [0.29, 0.717) is 5.69 Å². The van der Waals surface area contributed by atoms with Crippen molar-refractivity contribution < 1.29 is 23.4 Å². The lowest BCUT2D eigenvalue weighted by Gasteiger charge is -2.54. The van der Waals surface area contributed by atoms with E-state index >= 15 is 0 Å². The highest BCUT2D eigenvalue weighted by Crippen LogP contribution is 2.56. The Labute approximate surface area is 137 Å². The zero-order valence-corrected chi connectivity index (χ0v) is 13.0. The summed E-state index contributed by atoms with van der Waals surface area (Å²) in [5, 5.41) is 20.9. The molecule has 0 spiro atoms. The van der Waals surface area contributed by atoms with Gasteiger partial charge in [0, 0.05) is 24.0 Å². The van der Waals surface area contributed by atoms with Crippen LogP contribution in [0.3, 0.4) is 0 Å². The van der Waals surface area contributed by atoms with Crippen LogP contribution < -0.4 is 0 Å². The Kier molecular flexibility index (Phi) is 3.88. The van der Waals surface area contributed by atoms with E-state index in [1.165, 1.54) is 12.4 Å². The number of halogens is 3. The molecule has 1 aliphatic rings. The molecule has 0 aliphatic heterocycles. The van der Waals surface area contributed by atoms with E-state index in [1.807, 2.05) is 0 Å². The third-order valence-electron chi connectivity index (χ3n) is 4.52. The summed E-state index contributed by atoms with van der Waals surface area (Å²) >= 11 is 0. The standard InChI is InChI=1S/C17H17F3N2O2/c1-15(24)9-16(10-15,14(23)13-4-2-3-5-22-13)11-6-12(8-21-7-11)17(18,19)20/h2-8,14,23-24H,9-10H2,1H3/t14-,15-,16-/m1/s1. The van der Waals surface area contributed by atoms with Gasteiger partial charge in [0.15, 0.2) is 0 Å². The van der Waals surface area contributed by atoms with Crippen molar-refractivity contribution >= 4 is 0 Å². The van der Waals surface area contributed by atoms with Crippen molar-refractivity contribution in [2.75, 3.05) is 0 Å². The van der Waals surface area contributed by atoms with Crippen LogP contribution >= 0.6 is 0 Å². The Morgan fingerprint density at radius 1 is 1.21 bits per heavy atom. The Morgan fingerprint density at radius 2 is 1.92 bits per heavy atom. The molecule has 0 saturated heterocycles. The van der Waals surface area contributed by atoms with E-state index in [9.17, 15) is 23.4 Å². The van der Waals surface area contributed by atoms with Crippen molar-refractivity contribution in [3.63, 3.8) is 0 Å². The fraction of sp³-hybridized carbons (Fsp3) is 0.412. The van der Waals surface area contributed by atoms with Gasteiger partial charge in [-0.15, -0.1) is 0 Å². The lowest BCUT2D eigenvalue weighted by molar-refractivity contribution is -0.138. The topological polar surface area (TPSA) is 66.2 Å². The first-order chi connectivity index (χ1) is 11.1. The summed E-state index contributed by atoms with van der Waals surface area (Å²) in [5.41, 5.74) is -2.37. The summed E-state index contributed by atoms with van der Waals surface area (Å²) < 4.78 is 39.0. The number of hydrogen-bond donors (Lipinski definition) is 2. The Morgan fingerprint density at radius 3 is 2.46 bits per heavy atom. The fourth-order valence-electron chi connectivity index (χ4n) is 3.55. The van der Waals surface area contributed by atoms with Crippen LogP contribution in [0.15, 0.2) is 42.9 Å². The van der Waals surface area contributed by atoms with Gasteiger partial charge in [-0.2, -0.15) is 13.2 Å². The third kappa shape index (κ3) is 2.89. The van der Waals surface area contributed by atoms with Crippen molar-refractivity contribution in [3.05, 3.63) is 59.7 Å². The smallest absolute Gasteiger partial charge is 0.390 e. The molecular weight excluding hydrogens is 321 g/mol. The molecule has 0 amide bonds. The minimum absolute atomic E-state index is 0.126. The van der Waals surface area contributed by atoms with Gasteiger partial charge in [-0.25, -0.2) is 0 Å². The largest absolute Gasteiger partial charge is 0.417 e. The van der Waals surface area contributed by atoms with Crippen LogP contribution in [0.25, 0.3) is 0 Å². The number of aliphatic hydroxyl groups excluding tert-OH is 1. The highest BCUT2D eigenvalue weighted by atomic mass is 19.4. The zero-order valence-electron chi connectivity index (χ0n) is 13.0. The summed E-state index contributed by atoms with van der Waals surface area (Å²) in [6.45, 7) is 1.59. The summed E-state index contributed by atoms with van der Waals surface area (Å²) in [6, 6.07) is 5.99. The molecular formula is C17H17F3N2O2. The van der Waals surface area contributed by atoms with E-state index in [0.717, 1.165) is 12.3 Å². The number of pyridine rings is 2. The molecule has 1 saturated carbocycles. The molecule has 7 heteroatoms. The SMILES string of the molecule is C[C@]1(O)C[C@](c2cncc(C(F)(F)F)c2)([C@H](O)c2ccccn2)C1. The molecule has 0 bridgehead atoms. The normalized spacial score (nSPS) is 28.2. The van der Waals surface area contributed by atoms with Gasteiger partial charge in [-0.3, -0.25) is 9.97 Å². The first-order valence-corrected chi connectivity index (χ1v) is 7.48. The predicted molar refractivity (Wildman–Crippen MR) is 80.0 cm³/mol. The van der Waals surface area contributed by atoms with Crippen molar-refractivity contribution in [3.8, 4) is 0 Å². The van der Waals surface area contributed by atoms with Crippen molar-refractivity contribution in [2.45, 2.75) is 43.1 Å². The van der Waals surface area contributed by atoms with Gasteiger partial charge in [0.05, 0.1) is 16.9 Å². The quantitative estimate of drug-likeness (QED) is 0.903. The second kappa shape index (κ2) is 5.53. The maximum atomic E-state index is 13.0. The molecule has 128 valence electrons. The molecule has 2 aromatic rings. The number of hydrogen-bond acceptors (Lipinski definition) is 4. The van der Waals surface area contributed by atoms with Gasteiger partial charge < -0.3 is 10.2 Å². The molecule has 2 heterocycles. The molecule has 0 unspecified atom stereocenters. The number of aromatic nitrogens is 2. The summed E-state index contributed by atoms with van der Waals surface area (Å²) in [4.78, 5) is 7.79. The second-order valence-electron chi connectivity index (χ2n) is 6.62. The first kappa shape index (κ1) is 16.9. The number of alkyl halides is 3. The van der Waals surface area contributed by atoms with Gasteiger partial charge >= 0.3 is 6.18 Å². The maximum absolute atomic E-state index is 13.0. The molecule has 3 rings (SSSR count). The molecule has 1 aliphatic carbocycles. The lowest BCUT2D eigenvalue weighted by atomic mass is 9.53. The molecule has 1 atom stereocenters. The Balaban J connectivity index is 2.05. The van der Waals surface area contributed by atoms with Crippen molar-refractivity contribution in [1.82, 2.24) is 9.97 Å². The van der Waals surface area contributed by atoms with Crippen LogP contribution in [0.2, 0.25) is 0 Å². The van der Waals surface area contributed by atoms with Gasteiger partial charge in [-0.05, 0) is 43.5 Å². The Hall–Kier alpha value is -1.99. The van der Waals surface area contributed by atoms with Crippen molar-refractivity contribution in [2.24, 2.45) is 0 Å². The summed E-state index contributed by atoms with van der Waals surface area (Å²) in [6.07, 6.45) is -1.83. The summed E-state index contributed by atoms with van der Waals surface area (Å²) in [5.74, 6) is 0. The minimum Gasteiger partial charge on any atom is -0.390 e. The van der Waals surface area contributed by atoms with Crippen LogP contribution in [0, 0.1) is 0 Å². The van der Waals surface area contributed by atoms with Crippen LogP contribution in [-0.2, 0) is 11.6 Å². The van der Waals surface area contributed by atoms with E-state index in [1.54, 1.807) is 25.1 Å². The number of aliphatic hydroxyl groups is 2. The average molecular weight is 338 g/mol. The van der Waals surface area contributed by atoms with Crippen LogP contribution in [0.5, 0.6) is 0 Å². The molecule has 24 heavy (non-hydrogen) atoms. The van der Waals surface area contributed by atoms with Gasteiger partial charge in [0.1, 0.15) is 6.10 Å². The average Bonchev–Trinajstić information content (AvgIpc) is 2.51. The van der Waals surface area contributed by atoms with Gasteiger partial charge in [0.2, 0.25) is 0 Å². The van der Waals surface area contributed by atoms with Crippen LogP contribution in [-0.4, -0.2) is 25.8 Å². The highest BCUT2D eigenvalue weighted by molar-refractivity contribution is 5.36. The molecule has 0 radical (unpaired) electrons. The van der Waals surface area contributed by atoms with Crippen LogP contribution in [0.1, 0.15) is 42.7 Å². The molecule has 2 N–H and O–H groups in total. The maximum Gasteiger partial charge on any atom is 0.417 e. The van der Waals surface area contributed by atoms with E-state index in [2.05, 4.69) is 9.97 Å². The molecule has 0 aromatic carbocycles. The minimum atomic E-state index is -4.52. The molecule has 1 fully saturated rings. The van der Waals surface area contributed by atoms with Crippen LogP contribution in [0.4, 0.5) is 13.2 Å². The van der Waals surface area contributed by atoms with E-state index in [4.69, 9.17) is 0 Å². The molecule has 2 aromatic heterocycles. The van der Waals surface area contributed by atoms with Gasteiger partial charge in [0.25, 0.3) is 0 Å². The number of nitrogens with zero attached hydrogens (tertiary/aromatic N) is 2. The molecule has 4 nitrogen and oxygen atoms in total. The second-order valence-corrected chi connectivity index (χ2v) is 6.62. The zero-order chi connectivity index (χ0) is 17.6. The van der Waals surface area contributed by atoms with E-state index < -0.39 is 28.9 Å². The van der Waals surface area contributed by atoms with Crippen molar-refractivity contribution in [1.29, 1.82) is 0 Å². The summed E-state index contributed by atoms with van der Waals surface area (Å²) in [7, 11) is 0.